The number of ether oxygens (including phenoxy) is 1. The summed E-state index contributed by atoms with van der Waals surface area (Å²) in [5.41, 5.74) is 0.744. The number of hydrogen-bond acceptors (Lipinski definition) is 5. The summed E-state index contributed by atoms with van der Waals surface area (Å²) in [4.78, 5) is 42.3. The SMILES string of the molecule is C[C@H](OC(=O)c1ccccc1N1CCCC1=O)C(=O)Nc1ccc(Cl)cn1. The maximum Gasteiger partial charge on any atom is 0.341 e. The first-order valence-corrected chi connectivity index (χ1v) is 8.86. The van der Waals surface area contributed by atoms with Gasteiger partial charge in [-0.2, -0.15) is 0 Å². The van der Waals surface area contributed by atoms with Crippen LogP contribution in [0.4, 0.5) is 11.5 Å². The molecule has 0 bridgehead atoms. The molecule has 0 radical (unpaired) electrons. The normalized spacial score (nSPS) is 14.7. The van der Waals surface area contributed by atoms with Gasteiger partial charge in [-0.25, -0.2) is 9.78 Å². The second-order valence-electron chi connectivity index (χ2n) is 6.06. The van der Waals surface area contributed by atoms with Gasteiger partial charge in [0.15, 0.2) is 6.10 Å². The fourth-order valence-corrected chi connectivity index (χ4v) is 2.85. The van der Waals surface area contributed by atoms with Crippen LogP contribution in [0.2, 0.25) is 5.02 Å². The third-order valence-corrected chi connectivity index (χ3v) is 4.34. The summed E-state index contributed by atoms with van der Waals surface area (Å²) in [6, 6.07) is 9.84. The molecular formula is C19H18ClN3O4. The number of para-hydroxylation sites is 1. The monoisotopic (exact) mass is 387 g/mol. The van der Waals surface area contributed by atoms with Crippen LogP contribution >= 0.6 is 11.6 Å². The van der Waals surface area contributed by atoms with E-state index in [-0.39, 0.29) is 11.5 Å². The van der Waals surface area contributed by atoms with Crippen molar-refractivity contribution in [3.05, 3.63) is 53.2 Å². The van der Waals surface area contributed by atoms with Crippen molar-refractivity contribution < 1.29 is 19.1 Å². The van der Waals surface area contributed by atoms with Crippen molar-refractivity contribution in [3.8, 4) is 0 Å². The highest BCUT2D eigenvalue weighted by Crippen LogP contribution is 2.26. The Morgan fingerprint density at radius 2 is 2.04 bits per heavy atom. The second kappa shape index (κ2) is 8.18. The third kappa shape index (κ3) is 4.43. The number of nitrogens with one attached hydrogen (secondary N) is 1. The van der Waals surface area contributed by atoms with Gasteiger partial charge in [0.05, 0.1) is 16.3 Å². The maximum atomic E-state index is 12.6. The van der Waals surface area contributed by atoms with E-state index in [0.717, 1.165) is 6.42 Å². The molecule has 1 aromatic carbocycles. The Morgan fingerprint density at radius 1 is 1.26 bits per heavy atom. The van der Waals surface area contributed by atoms with Gasteiger partial charge in [0, 0.05) is 19.2 Å². The van der Waals surface area contributed by atoms with Gasteiger partial charge in [0.25, 0.3) is 5.91 Å². The van der Waals surface area contributed by atoms with Crippen LogP contribution in [0.25, 0.3) is 0 Å². The van der Waals surface area contributed by atoms with E-state index >= 15 is 0 Å². The number of rotatable bonds is 5. The van der Waals surface area contributed by atoms with Crippen molar-refractivity contribution in [2.75, 3.05) is 16.8 Å². The van der Waals surface area contributed by atoms with Crippen molar-refractivity contribution in [1.82, 2.24) is 4.98 Å². The van der Waals surface area contributed by atoms with Gasteiger partial charge in [-0.1, -0.05) is 23.7 Å². The summed E-state index contributed by atoms with van der Waals surface area (Å²) in [6.07, 6.45) is 1.56. The van der Waals surface area contributed by atoms with E-state index in [4.69, 9.17) is 16.3 Å². The summed E-state index contributed by atoms with van der Waals surface area (Å²) < 4.78 is 5.29. The Hall–Kier alpha value is -2.93. The molecule has 8 heteroatoms. The molecule has 0 aliphatic carbocycles. The molecule has 1 aliphatic heterocycles. The van der Waals surface area contributed by atoms with Gasteiger partial charge >= 0.3 is 5.97 Å². The van der Waals surface area contributed by atoms with E-state index in [1.54, 1.807) is 41.3 Å². The zero-order valence-corrected chi connectivity index (χ0v) is 15.4. The van der Waals surface area contributed by atoms with E-state index in [0.29, 0.717) is 29.5 Å². The molecule has 1 aliphatic rings. The first-order chi connectivity index (χ1) is 13.0. The molecule has 7 nitrogen and oxygen atoms in total. The Kier molecular flexibility index (Phi) is 5.71. The summed E-state index contributed by atoms with van der Waals surface area (Å²) in [5.74, 6) is -0.921. The van der Waals surface area contributed by atoms with E-state index in [1.165, 1.54) is 13.1 Å². The van der Waals surface area contributed by atoms with Crippen LogP contribution in [-0.2, 0) is 14.3 Å². The van der Waals surface area contributed by atoms with E-state index in [9.17, 15) is 14.4 Å². The second-order valence-corrected chi connectivity index (χ2v) is 6.50. The average molecular weight is 388 g/mol. The molecular weight excluding hydrogens is 370 g/mol. The predicted octanol–water partition coefficient (Wildman–Crippen LogP) is 3.05. The molecule has 1 N–H and O–H groups in total. The number of amides is 2. The number of aromatic nitrogens is 1. The number of halogens is 1. The number of esters is 1. The lowest BCUT2D eigenvalue weighted by atomic mass is 10.1. The molecule has 27 heavy (non-hydrogen) atoms. The molecule has 1 atom stereocenters. The van der Waals surface area contributed by atoms with Gasteiger partial charge in [0.1, 0.15) is 5.82 Å². The molecule has 0 spiro atoms. The van der Waals surface area contributed by atoms with Crippen molar-refractivity contribution in [3.63, 3.8) is 0 Å². The topological polar surface area (TPSA) is 88.6 Å². The Bertz CT molecular complexity index is 870. The quantitative estimate of drug-likeness (QED) is 0.796. The first kappa shape index (κ1) is 18.8. The fourth-order valence-electron chi connectivity index (χ4n) is 2.74. The smallest absolute Gasteiger partial charge is 0.341 e. The van der Waals surface area contributed by atoms with Crippen molar-refractivity contribution >= 4 is 40.9 Å². The highest BCUT2D eigenvalue weighted by molar-refractivity contribution is 6.30. The molecule has 3 rings (SSSR count). The van der Waals surface area contributed by atoms with Crippen LogP contribution in [0, 0.1) is 0 Å². The minimum atomic E-state index is -1.04. The lowest BCUT2D eigenvalue weighted by Gasteiger charge is -2.20. The average Bonchev–Trinajstić information content (AvgIpc) is 3.09. The largest absolute Gasteiger partial charge is 0.449 e. The molecule has 1 saturated heterocycles. The van der Waals surface area contributed by atoms with Crippen LogP contribution in [0.5, 0.6) is 0 Å². The van der Waals surface area contributed by atoms with Crippen LogP contribution < -0.4 is 10.2 Å². The van der Waals surface area contributed by atoms with E-state index < -0.39 is 18.0 Å². The van der Waals surface area contributed by atoms with Crippen molar-refractivity contribution in [2.45, 2.75) is 25.9 Å². The standard InChI is InChI=1S/C19H18ClN3O4/c1-12(18(25)22-16-9-8-13(20)11-21-16)27-19(26)14-5-2-3-6-15(14)23-10-4-7-17(23)24/h2-3,5-6,8-9,11-12H,4,7,10H2,1H3,(H,21,22,25)/t12-/m0/s1. The number of carbonyl (C=O) groups excluding carboxylic acids is 3. The van der Waals surface area contributed by atoms with Gasteiger partial charge in [-0.05, 0) is 37.6 Å². The summed E-state index contributed by atoms with van der Waals surface area (Å²) >= 11 is 5.75. The lowest BCUT2D eigenvalue weighted by Crippen LogP contribution is -2.31. The lowest BCUT2D eigenvalue weighted by molar-refractivity contribution is -0.123. The zero-order valence-electron chi connectivity index (χ0n) is 14.6. The number of pyridine rings is 1. The maximum absolute atomic E-state index is 12.6. The minimum absolute atomic E-state index is 0.0325. The van der Waals surface area contributed by atoms with Gasteiger partial charge < -0.3 is 15.0 Å². The number of hydrogen-bond donors (Lipinski definition) is 1. The molecule has 140 valence electrons. The Labute approximate surface area is 161 Å². The molecule has 0 unspecified atom stereocenters. The fraction of sp³-hybridized carbons (Fsp3) is 0.263. The zero-order chi connectivity index (χ0) is 19.4. The number of benzene rings is 1. The van der Waals surface area contributed by atoms with Crippen LogP contribution in [0.15, 0.2) is 42.6 Å². The molecule has 2 heterocycles. The van der Waals surface area contributed by atoms with Gasteiger partial charge in [-0.3, -0.25) is 9.59 Å². The minimum Gasteiger partial charge on any atom is -0.449 e. The molecule has 2 amide bonds. The van der Waals surface area contributed by atoms with Gasteiger partial charge in [-0.15, -0.1) is 0 Å². The number of nitrogens with zero attached hydrogens (tertiary/aromatic N) is 2. The third-order valence-electron chi connectivity index (χ3n) is 4.12. The number of anilines is 2. The highest BCUT2D eigenvalue weighted by Gasteiger charge is 2.27. The number of carbonyl (C=O) groups is 3. The van der Waals surface area contributed by atoms with Crippen LogP contribution in [-0.4, -0.2) is 35.4 Å². The molecule has 0 saturated carbocycles. The molecule has 1 fully saturated rings. The predicted molar refractivity (Wildman–Crippen MR) is 101 cm³/mol. The van der Waals surface area contributed by atoms with Crippen LogP contribution in [0.3, 0.4) is 0 Å². The summed E-state index contributed by atoms with van der Waals surface area (Å²) in [6.45, 7) is 2.02. The van der Waals surface area contributed by atoms with Crippen molar-refractivity contribution in [2.24, 2.45) is 0 Å². The van der Waals surface area contributed by atoms with Gasteiger partial charge in [0.2, 0.25) is 5.91 Å². The summed E-state index contributed by atoms with van der Waals surface area (Å²) in [7, 11) is 0. The Balaban J connectivity index is 1.69. The van der Waals surface area contributed by atoms with Crippen molar-refractivity contribution in [1.29, 1.82) is 0 Å². The summed E-state index contributed by atoms with van der Waals surface area (Å²) in [5, 5.41) is 3.00. The molecule has 1 aromatic heterocycles. The van der Waals surface area contributed by atoms with E-state index in [1.807, 2.05) is 0 Å². The molecule has 2 aromatic rings. The highest BCUT2D eigenvalue weighted by atomic mass is 35.5. The Morgan fingerprint density at radius 3 is 2.70 bits per heavy atom. The first-order valence-electron chi connectivity index (χ1n) is 8.48. The van der Waals surface area contributed by atoms with E-state index in [2.05, 4.69) is 10.3 Å². The van der Waals surface area contributed by atoms with Crippen LogP contribution in [0.1, 0.15) is 30.1 Å².